The minimum atomic E-state index is -1.32. The van der Waals surface area contributed by atoms with E-state index in [-0.39, 0.29) is 24.7 Å². The summed E-state index contributed by atoms with van der Waals surface area (Å²) in [5, 5.41) is 40.5. The molecule has 50 heavy (non-hydrogen) atoms. The fourth-order valence-corrected chi connectivity index (χ4v) is 6.82. The number of hydrogen-bond donors (Lipinski definition) is 6. The summed E-state index contributed by atoms with van der Waals surface area (Å²) in [5.74, 6) is 0.745. The summed E-state index contributed by atoms with van der Waals surface area (Å²) < 4.78 is 7.34. The Labute approximate surface area is 290 Å². The number of imidazole rings is 1. The number of aliphatic hydroxyl groups is 3. The van der Waals surface area contributed by atoms with E-state index in [2.05, 4.69) is 62.2 Å². The van der Waals surface area contributed by atoms with Gasteiger partial charge in [0.25, 0.3) is 0 Å². The van der Waals surface area contributed by atoms with Gasteiger partial charge in [0.05, 0.1) is 25.6 Å². The number of hydrogen-bond acceptors (Lipinski definition) is 10. The van der Waals surface area contributed by atoms with E-state index < -0.39 is 31.1 Å². The lowest BCUT2D eigenvalue weighted by atomic mass is 9.91. The highest BCUT2D eigenvalue weighted by Gasteiger charge is 2.44. The number of carbonyl (C=O) groups is 1. The summed E-state index contributed by atoms with van der Waals surface area (Å²) in [6.07, 6.45) is -1.41. The van der Waals surface area contributed by atoms with Gasteiger partial charge in [0.1, 0.15) is 18.3 Å². The Morgan fingerprint density at radius 3 is 2.26 bits per heavy atom. The maximum Gasteiger partial charge on any atom is 0.316 e. The van der Waals surface area contributed by atoms with Gasteiger partial charge < -0.3 is 36.0 Å². The Balaban J connectivity index is 1.13. The van der Waals surface area contributed by atoms with Crippen LogP contribution in [0.4, 0.5) is 10.6 Å². The molecule has 2 aromatic heterocycles. The van der Waals surface area contributed by atoms with Crippen molar-refractivity contribution in [1.82, 2.24) is 35.1 Å². The Kier molecular flexibility index (Phi) is 10.3. The lowest BCUT2D eigenvalue weighted by molar-refractivity contribution is -0.0511. The van der Waals surface area contributed by atoms with Crippen LogP contribution >= 0.6 is 0 Å². The van der Waals surface area contributed by atoms with E-state index in [0.717, 1.165) is 37.1 Å². The molecule has 0 radical (unpaired) electrons. The van der Waals surface area contributed by atoms with Gasteiger partial charge in [-0.3, -0.25) is 9.47 Å². The third kappa shape index (κ3) is 7.32. The zero-order valence-corrected chi connectivity index (χ0v) is 27.5. The molecule has 5 aromatic rings. The monoisotopic (exact) mass is 678 g/mol. The number of benzene rings is 3. The number of aliphatic hydroxyl groups excluding tert-OH is 3. The third-order valence-corrected chi connectivity index (χ3v) is 9.43. The predicted octanol–water partition coefficient (Wildman–Crippen LogP) is 3.10. The molecule has 2 aliphatic heterocycles. The van der Waals surface area contributed by atoms with Gasteiger partial charge in [0, 0.05) is 25.6 Å². The number of nitrogens with zero attached hydrogens (tertiary/aromatic N) is 5. The van der Waals surface area contributed by atoms with Gasteiger partial charge in [0.15, 0.2) is 29.0 Å². The molecule has 0 aliphatic carbocycles. The van der Waals surface area contributed by atoms with Crippen LogP contribution < -0.4 is 16.0 Å². The molecule has 0 spiro atoms. The van der Waals surface area contributed by atoms with E-state index >= 15 is 0 Å². The van der Waals surface area contributed by atoms with Crippen LogP contribution in [0.25, 0.3) is 11.2 Å². The largest absolute Gasteiger partial charge is 0.394 e. The number of ether oxygens (including phenoxy) is 1. The number of fused-ring (bicyclic) bond motifs is 1. The molecule has 260 valence electrons. The molecule has 2 saturated heterocycles. The van der Waals surface area contributed by atoms with Gasteiger partial charge in [-0.1, -0.05) is 91.0 Å². The van der Waals surface area contributed by atoms with E-state index in [1.54, 1.807) is 0 Å². The maximum atomic E-state index is 13.2. The van der Waals surface area contributed by atoms with E-state index in [0.29, 0.717) is 29.4 Å². The molecule has 13 nitrogen and oxygen atoms in total. The quantitative estimate of drug-likeness (QED) is 0.115. The normalized spacial score (nSPS) is 22.3. The first kappa shape index (κ1) is 33.6. The number of nitrogens with one attached hydrogen (secondary N) is 3. The number of urea groups is 1. The number of likely N-dealkylation sites (tertiary alicyclic amines) is 1. The number of rotatable bonds is 12. The molecule has 7 rings (SSSR count). The summed E-state index contributed by atoms with van der Waals surface area (Å²) in [6.45, 7) is 1.68. The van der Waals surface area contributed by atoms with Crippen LogP contribution in [-0.2, 0) is 17.8 Å². The van der Waals surface area contributed by atoms with E-state index in [4.69, 9.17) is 14.7 Å². The van der Waals surface area contributed by atoms with Crippen molar-refractivity contribution >= 4 is 23.0 Å². The van der Waals surface area contributed by atoms with E-state index in [1.807, 2.05) is 54.6 Å². The van der Waals surface area contributed by atoms with Crippen molar-refractivity contribution in [2.75, 3.05) is 25.0 Å². The van der Waals surface area contributed by atoms with Crippen molar-refractivity contribution in [2.45, 2.75) is 62.6 Å². The number of carbonyl (C=O) groups excluding carboxylic acids is 1. The van der Waals surface area contributed by atoms with Gasteiger partial charge in [-0.15, -0.1) is 0 Å². The van der Waals surface area contributed by atoms with Crippen LogP contribution in [0.1, 0.15) is 47.5 Å². The molecule has 3 aromatic carbocycles. The second-order valence-electron chi connectivity index (χ2n) is 12.7. The zero-order chi connectivity index (χ0) is 34.5. The highest BCUT2D eigenvalue weighted by atomic mass is 16.6. The Hall–Kier alpha value is -4.92. The van der Waals surface area contributed by atoms with Crippen LogP contribution in [0, 0.1) is 0 Å². The Bertz CT molecular complexity index is 1820. The molecule has 2 amide bonds. The van der Waals surface area contributed by atoms with Crippen LogP contribution in [0.2, 0.25) is 0 Å². The summed E-state index contributed by atoms with van der Waals surface area (Å²) in [7, 11) is 0. The van der Waals surface area contributed by atoms with Gasteiger partial charge >= 0.3 is 6.03 Å². The average molecular weight is 679 g/mol. The lowest BCUT2D eigenvalue weighted by Crippen LogP contribution is -2.48. The standard InChI is InChI=1S/C37H42N8O5/c46-22-28-32(47)33(48)36(50-28)45-23-40-31-34(38-19-27(25-13-6-2-7-14-25)26-15-8-3-9-16-26)41-29(42-35(31)45)20-39-37(49)43-30-17-10-18-44(30)21-24-11-4-1-5-12-24/h1-9,11-16,23,27-28,30,32-33,36,46-48H,10,17-22H2,(H,38,41,42)(H2,39,43,49)/t28-,30?,32-,33-,36-/m1/s1. The molecule has 2 fully saturated rings. The molecule has 0 saturated carbocycles. The molecule has 4 heterocycles. The topological polar surface area (TPSA) is 170 Å². The smallest absolute Gasteiger partial charge is 0.316 e. The molecule has 1 unspecified atom stereocenters. The second kappa shape index (κ2) is 15.3. The van der Waals surface area contributed by atoms with Crippen molar-refractivity contribution in [3.05, 3.63) is 120 Å². The van der Waals surface area contributed by atoms with Gasteiger partial charge in [-0.25, -0.2) is 19.7 Å². The van der Waals surface area contributed by atoms with Crippen molar-refractivity contribution in [3.63, 3.8) is 0 Å². The first-order chi connectivity index (χ1) is 24.5. The fraction of sp³-hybridized carbons (Fsp3) is 0.351. The van der Waals surface area contributed by atoms with Crippen molar-refractivity contribution in [2.24, 2.45) is 0 Å². The zero-order valence-electron chi connectivity index (χ0n) is 27.5. The second-order valence-corrected chi connectivity index (χ2v) is 12.7. The minimum absolute atomic E-state index is 0.0115. The Morgan fingerprint density at radius 1 is 0.920 bits per heavy atom. The molecular formula is C37H42N8O5. The maximum absolute atomic E-state index is 13.2. The van der Waals surface area contributed by atoms with E-state index in [9.17, 15) is 20.1 Å². The molecule has 5 atom stereocenters. The van der Waals surface area contributed by atoms with Gasteiger partial charge in [-0.05, 0) is 29.5 Å². The van der Waals surface area contributed by atoms with Crippen LogP contribution in [-0.4, -0.2) is 89.9 Å². The average Bonchev–Trinajstić information content (AvgIpc) is 3.85. The first-order valence-corrected chi connectivity index (χ1v) is 17.0. The summed E-state index contributed by atoms with van der Waals surface area (Å²) in [4.78, 5) is 29.5. The minimum Gasteiger partial charge on any atom is -0.394 e. The Morgan fingerprint density at radius 2 is 1.60 bits per heavy atom. The van der Waals surface area contributed by atoms with Crippen LogP contribution in [0.15, 0.2) is 97.3 Å². The third-order valence-electron chi connectivity index (χ3n) is 9.43. The van der Waals surface area contributed by atoms with E-state index in [1.165, 1.54) is 16.5 Å². The molecule has 13 heteroatoms. The van der Waals surface area contributed by atoms with Crippen LogP contribution in [0.5, 0.6) is 0 Å². The molecular weight excluding hydrogens is 636 g/mol. The predicted molar refractivity (Wildman–Crippen MR) is 187 cm³/mol. The highest BCUT2D eigenvalue weighted by Crippen LogP contribution is 2.33. The lowest BCUT2D eigenvalue weighted by Gasteiger charge is -2.25. The number of amides is 2. The number of aromatic nitrogens is 4. The number of anilines is 1. The SMILES string of the molecule is O=C(NCc1nc(NCC(c2ccccc2)c2ccccc2)c2ncn([C@@H]3O[C@H](CO)[C@@H](O)[C@H]3O)c2n1)NC1CCCN1Cc1ccccc1. The van der Waals surface area contributed by atoms with Crippen molar-refractivity contribution < 1.29 is 24.9 Å². The van der Waals surface area contributed by atoms with Crippen LogP contribution in [0.3, 0.4) is 0 Å². The summed E-state index contributed by atoms with van der Waals surface area (Å²) in [5.41, 5.74) is 4.21. The highest BCUT2D eigenvalue weighted by molar-refractivity contribution is 5.83. The molecule has 2 aliphatic rings. The van der Waals surface area contributed by atoms with Crippen molar-refractivity contribution in [1.29, 1.82) is 0 Å². The molecule has 6 N–H and O–H groups in total. The van der Waals surface area contributed by atoms with Gasteiger partial charge in [0.2, 0.25) is 0 Å². The summed E-state index contributed by atoms with van der Waals surface area (Å²) >= 11 is 0. The van der Waals surface area contributed by atoms with Crippen molar-refractivity contribution in [3.8, 4) is 0 Å². The molecule has 0 bridgehead atoms. The van der Waals surface area contributed by atoms with Gasteiger partial charge in [-0.2, -0.15) is 0 Å². The fourth-order valence-electron chi connectivity index (χ4n) is 6.82. The summed E-state index contributed by atoms with van der Waals surface area (Å²) in [6, 6.07) is 30.2. The first-order valence-electron chi connectivity index (χ1n) is 17.0.